The van der Waals surface area contributed by atoms with E-state index >= 15 is 0 Å². The maximum atomic E-state index is 8.78. The minimum atomic E-state index is 0.128. The fraction of sp³-hybridized carbons (Fsp3) is 0. The molecule has 24 heavy (non-hydrogen) atoms. The third-order valence-corrected chi connectivity index (χ3v) is 3.35. The van der Waals surface area contributed by atoms with E-state index in [4.69, 9.17) is 5.26 Å². The lowest BCUT2D eigenvalue weighted by Gasteiger charge is -2.11. The van der Waals surface area contributed by atoms with Crippen LogP contribution in [0.5, 0.6) is 0 Å². The number of hydrogen-bond donors (Lipinski definition) is 0. The Kier molecular flexibility index (Phi) is 5.27. The van der Waals surface area contributed by atoms with Crippen LogP contribution in [0.4, 0.5) is 5.69 Å². The van der Waals surface area contributed by atoms with Crippen LogP contribution in [0.3, 0.4) is 0 Å². The van der Waals surface area contributed by atoms with E-state index in [0.29, 0.717) is 16.8 Å². The Morgan fingerprint density at radius 3 is 2.42 bits per heavy atom. The van der Waals surface area contributed by atoms with E-state index in [1.165, 1.54) is 0 Å². The van der Waals surface area contributed by atoms with Crippen LogP contribution in [0, 0.1) is 11.3 Å². The molecule has 0 aliphatic rings. The topological polar surface area (TPSA) is 74.3 Å². The van der Waals surface area contributed by atoms with Gasteiger partial charge < -0.3 is 0 Å². The fourth-order valence-electron chi connectivity index (χ4n) is 2.05. The maximum Gasteiger partial charge on any atom is 0.232 e. The first-order valence-electron chi connectivity index (χ1n) is 6.95. The molecule has 0 N–H and O–H groups in total. The Bertz CT molecular complexity index is 883. The number of aliphatic imine (C=N–C) groups is 2. The highest BCUT2D eigenvalue weighted by molar-refractivity contribution is 5.87. The number of aromatic nitrogens is 2. The van der Waals surface area contributed by atoms with Crippen LogP contribution in [-0.2, 0) is 0 Å². The van der Waals surface area contributed by atoms with Crippen molar-refractivity contribution in [2.45, 2.75) is 0 Å². The van der Waals surface area contributed by atoms with Gasteiger partial charge in [-0.2, -0.15) is 5.26 Å². The summed E-state index contributed by atoms with van der Waals surface area (Å²) in [6, 6.07) is 7.53. The second kappa shape index (κ2) is 7.56. The monoisotopic (exact) mass is 313 g/mol. The molecule has 2 rings (SSSR count). The van der Waals surface area contributed by atoms with E-state index in [9.17, 15) is 0 Å². The second-order valence-electron chi connectivity index (χ2n) is 4.80. The lowest BCUT2D eigenvalue weighted by atomic mass is 9.95. The van der Waals surface area contributed by atoms with Crippen LogP contribution >= 0.6 is 0 Å². The molecule has 116 valence electrons. The highest BCUT2D eigenvalue weighted by atomic mass is 14.9. The molecule has 0 atom stereocenters. The number of allylic oxidation sites excluding steroid dienone is 3. The Balaban J connectivity index is 2.47. The second-order valence-corrected chi connectivity index (χ2v) is 4.80. The first-order chi connectivity index (χ1) is 11.6. The van der Waals surface area contributed by atoms with Gasteiger partial charge in [0.1, 0.15) is 6.07 Å². The first-order valence-corrected chi connectivity index (χ1v) is 6.95. The maximum absolute atomic E-state index is 8.78. The van der Waals surface area contributed by atoms with Gasteiger partial charge in [0.2, 0.25) is 5.82 Å². The number of rotatable bonds is 6. The molecule has 0 aliphatic carbocycles. The SMILES string of the molecule is C=N/C=C\C(=C)C(=C)c1cc(-c2cnc(C#N)nc2)ccc1N=C. The summed E-state index contributed by atoms with van der Waals surface area (Å²) < 4.78 is 0. The quantitative estimate of drug-likeness (QED) is 0.594. The average Bonchev–Trinajstić information content (AvgIpc) is 2.65. The van der Waals surface area contributed by atoms with Crippen LogP contribution in [0.1, 0.15) is 11.4 Å². The molecule has 5 heteroatoms. The minimum Gasteiger partial charge on any atom is -0.272 e. The van der Waals surface area contributed by atoms with Gasteiger partial charge in [-0.25, -0.2) is 9.97 Å². The number of nitrogens with zero attached hydrogens (tertiary/aromatic N) is 5. The van der Waals surface area contributed by atoms with Gasteiger partial charge in [0.05, 0.1) is 5.69 Å². The molecule has 5 nitrogen and oxygen atoms in total. The normalized spacial score (nSPS) is 10.1. The molecule has 0 aliphatic heterocycles. The largest absolute Gasteiger partial charge is 0.272 e. The van der Waals surface area contributed by atoms with Crippen molar-refractivity contribution in [3.8, 4) is 17.2 Å². The van der Waals surface area contributed by atoms with Crippen molar-refractivity contribution in [2.24, 2.45) is 9.98 Å². The van der Waals surface area contributed by atoms with Crippen LogP contribution in [0.2, 0.25) is 0 Å². The minimum absolute atomic E-state index is 0.128. The van der Waals surface area contributed by atoms with E-state index in [0.717, 1.165) is 16.7 Å². The highest BCUT2D eigenvalue weighted by Gasteiger charge is 2.10. The van der Waals surface area contributed by atoms with Gasteiger partial charge in [-0.3, -0.25) is 9.98 Å². The summed E-state index contributed by atoms with van der Waals surface area (Å²) in [5, 5.41) is 8.78. The molecule has 0 saturated carbocycles. The first kappa shape index (κ1) is 16.7. The van der Waals surface area contributed by atoms with E-state index in [-0.39, 0.29) is 5.82 Å². The molecule has 0 fully saturated rings. The molecule has 1 heterocycles. The van der Waals surface area contributed by atoms with Gasteiger partial charge in [-0.1, -0.05) is 19.2 Å². The zero-order valence-corrected chi connectivity index (χ0v) is 13.1. The van der Waals surface area contributed by atoms with Gasteiger partial charge in [0.15, 0.2) is 0 Å². The lowest BCUT2D eigenvalue weighted by Crippen LogP contribution is -1.91. The molecule has 2 aromatic rings. The van der Waals surface area contributed by atoms with E-state index in [1.54, 1.807) is 24.7 Å². The Morgan fingerprint density at radius 1 is 1.12 bits per heavy atom. The standard InChI is InChI=1S/C19H15N5/c1-13(7-8-21-3)14(2)17-9-15(5-6-18(17)22-4)16-11-23-19(10-20)24-12-16/h5-9,11-12H,1-4H2/b8-7-. The molecule has 0 saturated heterocycles. The van der Waals surface area contributed by atoms with Crippen LogP contribution < -0.4 is 0 Å². The third kappa shape index (κ3) is 3.57. The molecule has 1 aromatic heterocycles. The summed E-state index contributed by atoms with van der Waals surface area (Å²) in [6.45, 7) is 15.0. The van der Waals surface area contributed by atoms with Gasteiger partial charge >= 0.3 is 0 Å². The third-order valence-electron chi connectivity index (χ3n) is 3.35. The number of hydrogen-bond acceptors (Lipinski definition) is 5. The summed E-state index contributed by atoms with van der Waals surface area (Å²) >= 11 is 0. The Morgan fingerprint density at radius 2 is 1.83 bits per heavy atom. The van der Waals surface area contributed by atoms with Crippen molar-refractivity contribution < 1.29 is 0 Å². The van der Waals surface area contributed by atoms with Crippen molar-refractivity contribution in [1.82, 2.24) is 9.97 Å². The lowest BCUT2D eigenvalue weighted by molar-refractivity contribution is 1.12. The van der Waals surface area contributed by atoms with Gasteiger partial charge in [0, 0.05) is 29.7 Å². The van der Waals surface area contributed by atoms with Gasteiger partial charge in [-0.15, -0.1) is 0 Å². The summed E-state index contributed by atoms with van der Waals surface area (Å²) in [7, 11) is 0. The van der Waals surface area contributed by atoms with Crippen molar-refractivity contribution in [1.29, 1.82) is 5.26 Å². The predicted molar refractivity (Wildman–Crippen MR) is 98.3 cm³/mol. The predicted octanol–water partition coefficient (Wildman–Crippen LogP) is 4.13. The van der Waals surface area contributed by atoms with Gasteiger partial charge in [0.25, 0.3) is 0 Å². The fourth-order valence-corrected chi connectivity index (χ4v) is 2.05. The van der Waals surface area contributed by atoms with Crippen LogP contribution in [-0.4, -0.2) is 23.4 Å². The van der Waals surface area contributed by atoms with E-state index in [2.05, 4.69) is 46.5 Å². The average molecular weight is 313 g/mol. The number of benzene rings is 1. The smallest absolute Gasteiger partial charge is 0.232 e. The van der Waals surface area contributed by atoms with E-state index in [1.807, 2.05) is 24.3 Å². The van der Waals surface area contributed by atoms with Crippen molar-refractivity contribution >= 4 is 24.7 Å². The van der Waals surface area contributed by atoms with E-state index < -0.39 is 0 Å². The summed E-state index contributed by atoms with van der Waals surface area (Å²) in [5.74, 6) is 0.128. The zero-order chi connectivity index (χ0) is 17.5. The molecule has 0 amide bonds. The van der Waals surface area contributed by atoms with Gasteiger partial charge in [-0.05, 0) is 48.4 Å². The van der Waals surface area contributed by atoms with Crippen molar-refractivity contribution in [3.05, 3.63) is 73.0 Å². The summed E-state index contributed by atoms with van der Waals surface area (Å²) in [6.07, 6.45) is 6.47. The molecule has 0 radical (unpaired) electrons. The van der Waals surface area contributed by atoms with Crippen LogP contribution in [0.15, 0.2) is 71.6 Å². The molecular formula is C19H15N5. The van der Waals surface area contributed by atoms with Crippen LogP contribution in [0.25, 0.3) is 16.7 Å². The number of nitriles is 1. The molecular weight excluding hydrogens is 298 g/mol. The molecule has 0 bridgehead atoms. The highest BCUT2D eigenvalue weighted by Crippen LogP contribution is 2.33. The Hall–Kier alpha value is -3.65. The zero-order valence-electron chi connectivity index (χ0n) is 13.1. The molecule has 0 unspecified atom stereocenters. The van der Waals surface area contributed by atoms with Crippen molar-refractivity contribution in [3.63, 3.8) is 0 Å². The summed E-state index contributed by atoms with van der Waals surface area (Å²) in [4.78, 5) is 15.7. The summed E-state index contributed by atoms with van der Waals surface area (Å²) in [5.41, 5.74) is 4.55. The molecule has 0 spiro atoms. The molecule has 1 aromatic carbocycles. The van der Waals surface area contributed by atoms with Crippen molar-refractivity contribution in [2.75, 3.05) is 0 Å². The Labute approximate surface area is 140 Å².